The third-order valence-corrected chi connectivity index (χ3v) is 5.93. The quantitative estimate of drug-likeness (QED) is 0.186. The first-order valence-corrected chi connectivity index (χ1v) is 13.1. The Morgan fingerprint density at radius 2 is 1.57 bits per heavy atom. The van der Waals surface area contributed by atoms with Gasteiger partial charge in [0.05, 0.1) is 11.9 Å². The second kappa shape index (κ2) is 15.1. The van der Waals surface area contributed by atoms with Gasteiger partial charge in [0, 0.05) is 43.2 Å². The van der Waals surface area contributed by atoms with Crippen LogP contribution < -0.4 is 11.1 Å². The monoisotopic (exact) mass is 514 g/mol. The van der Waals surface area contributed by atoms with Gasteiger partial charge in [0.15, 0.2) is 0 Å². The largest absolute Gasteiger partial charge is 0.387 e. The average molecular weight is 515 g/mol. The van der Waals surface area contributed by atoms with Gasteiger partial charge in [-0.1, -0.05) is 20.8 Å². The number of hydrogen-bond donors (Lipinski definition) is 2. The fraction of sp³-hybridized carbons (Fsp3) is 0.483. The van der Waals surface area contributed by atoms with Gasteiger partial charge < -0.3 is 16.0 Å². The van der Waals surface area contributed by atoms with Gasteiger partial charge in [0.2, 0.25) is 0 Å². The van der Waals surface area contributed by atoms with Crippen molar-refractivity contribution < 1.29 is 18.4 Å². The van der Waals surface area contributed by atoms with Crippen LogP contribution in [0.4, 0.5) is 8.78 Å². The predicted molar refractivity (Wildman–Crippen MR) is 145 cm³/mol. The van der Waals surface area contributed by atoms with Gasteiger partial charge in [-0.15, -0.1) is 0 Å². The molecule has 1 atom stereocenters. The molecule has 0 saturated carbocycles. The van der Waals surface area contributed by atoms with Crippen LogP contribution in [0.2, 0.25) is 0 Å². The van der Waals surface area contributed by atoms with Crippen molar-refractivity contribution in [3.63, 3.8) is 0 Å². The molecule has 0 aromatic heterocycles. The molecule has 1 unspecified atom stereocenters. The molecule has 3 N–H and O–H groups in total. The zero-order chi connectivity index (χ0) is 27.4. The number of halogens is 2. The minimum absolute atomic E-state index is 0.118. The summed E-state index contributed by atoms with van der Waals surface area (Å²) in [5.74, 6) is -1.40. The molecule has 37 heavy (non-hydrogen) atoms. The van der Waals surface area contributed by atoms with Crippen LogP contribution in [0.15, 0.2) is 41.4 Å². The molecule has 2 amide bonds. The minimum atomic E-state index is -0.713. The lowest BCUT2D eigenvalue weighted by atomic mass is 10.00. The van der Waals surface area contributed by atoms with Gasteiger partial charge in [-0.2, -0.15) is 0 Å². The number of amidine groups is 1. The van der Waals surface area contributed by atoms with Crippen molar-refractivity contribution in [2.75, 3.05) is 19.6 Å². The summed E-state index contributed by atoms with van der Waals surface area (Å²) in [7, 11) is 0. The zero-order valence-electron chi connectivity index (χ0n) is 22.4. The van der Waals surface area contributed by atoms with Gasteiger partial charge in [-0.25, -0.2) is 8.78 Å². The molecule has 0 heterocycles. The standard InChI is InChI=1S/C29H40F2N4O2/c1-5-9-27(32)33-11-8-10-26(21-17-24(30)19-25(31)18-21)34-28(36)22-14-20(4)15-23(16-22)29(37)35(12-6-2)13-7-3/h14-19,26H,5-13H2,1-4H3,(H2,32,33)(H,34,36). The Morgan fingerprint density at radius 3 is 2.16 bits per heavy atom. The Morgan fingerprint density at radius 1 is 0.946 bits per heavy atom. The van der Waals surface area contributed by atoms with Crippen LogP contribution >= 0.6 is 0 Å². The number of rotatable bonds is 14. The van der Waals surface area contributed by atoms with Crippen molar-refractivity contribution >= 4 is 17.6 Å². The van der Waals surface area contributed by atoms with E-state index >= 15 is 0 Å². The lowest BCUT2D eigenvalue weighted by Crippen LogP contribution is -2.33. The van der Waals surface area contributed by atoms with Crippen LogP contribution in [-0.4, -0.2) is 42.2 Å². The molecule has 0 fully saturated rings. The number of aryl methyl sites for hydroxylation is 1. The molecule has 0 aliphatic carbocycles. The molecule has 0 saturated heterocycles. The maximum Gasteiger partial charge on any atom is 0.253 e. The molecule has 0 radical (unpaired) electrons. The number of nitrogens with one attached hydrogen (secondary N) is 1. The van der Waals surface area contributed by atoms with E-state index in [4.69, 9.17) is 5.73 Å². The molecule has 0 aliphatic heterocycles. The lowest BCUT2D eigenvalue weighted by Gasteiger charge is -2.22. The van der Waals surface area contributed by atoms with E-state index in [2.05, 4.69) is 10.3 Å². The van der Waals surface area contributed by atoms with Crippen molar-refractivity contribution in [1.82, 2.24) is 10.2 Å². The summed E-state index contributed by atoms with van der Waals surface area (Å²) < 4.78 is 28.0. The first kappa shape index (κ1) is 29.9. The van der Waals surface area contributed by atoms with Crippen LogP contribution in [0.25, 0.3) is 0 Å². The SMILES string of the molecule is CCCC(N)=NCCCC(NC(=O)c1cc(C)cc(C(=O)N(CCC)CCC)c1)c1cc(F)cc(F)c1. The Hall–Kier alpha value is -3.29. The Balaban J connectivity index is 2.28. The van der Waals surface area contributed by atoms with Crippen LogP contribution in [-0.2, 0) is 0 Å². The maximum atomic E-state index is 14.0. The van der Waals surface area contributed by atoms with Crippen molar-refractivity contribution in [3.8, 4) is 0 Å². The summed E-state index contributed by atoms with van der Waals surface area (Å²) in [6.45, 7) is 9.61. The summed E-state index contributed by atoms with van der Waals surface area (Å²) in [5, 5.41) is 2.91. The molecular formula is C29H40F2N4O2. The number of carbonyl (C=O) groups is 2. The Kier molecular flexibility index (Phi) is 12.2. The van der Waals surface area contributed by atoms with E-state index < -0.39 is 23.6 Å². The molecule has 0 bridgehead atoms. The van der Waals surface area contributed by atoms with Crippen molar-refractivity contribution in [2.45, 2.75) is 72.3 Å². The van der Waals surface area contributed by atoms with Crippen LogP contribution in [0.1, 0.15) is 97.2 Å². The van der Waals surface area contributed by atoms with Crippen LogP contribution in [0.5, 0.6) is 0 Å². The van der Waals surface area contributed by atoms with Gasteiger partial charge in [-0.3, -0.25) is 14.6 Å². The second-order valence-corrected chi connectivity index (χ2v) is 9.37. The molecule has 6 nitrogen and oxygen atoms in total. The normalized spacial score (nSPS) is 12.3. The van der Waals surface area contributed by atoms with Crippen LogP contribution in [0, 0.1) is 18.6 Å². The van der Waals surface area contributed by atoms with E-state index in [1.54, 1.807) is 23.1 Å². The molecule has 8 heteroatoms. The molecule has 0 aliphatic rings. The lowest BCUT2D eigenvalue weighted by molar-refractivity contribution is 0.0755. The summed E-state index contributed by atoms with van der Waals surface area (Å²) in [6.07, 6.45) is 4.25. The third kappa shape index (κ3) is 9.59. The van der Waals surface area contributed by atoms with E-state index in [0.717, 1.165) is 30.9 Å². The number of amides is 2. The van der Waals surface area contributed by atoms with Gasteiger partial charge in [-0.05, 0) is 80.5 Å². The fourth-order valence-electron chi connectivity index (χ4n) is 4.27. The highest BCUT2D eigenvalue weighted by atomic mass is 19.1. The molecule has 2 aromatic carbocycles. The van der Waals surface area contributed by atoms with E-state index in [1.165, 1.54) is 12.1 Å². The average Bonchev–Trinajstić information content (AvgIpc) is 2.84. The van der Waals surface area contributed by atoms with Crippen LogP contribution in [0.3, 0.4) is 0 Å². The van der Waals surface area contributed by atoms with E-state index in [1.807, 2.05) is 27.7 Å². The predicted octanol–water partition coefficient (Wildman–Crippen LogP) is 5.94. The zero-order valence-corrected chi connectivity index (χ0v) is 22.4. The number of hydrogen-bond acceptors (Lipinski definition) is 3. The summed E-state index contributed by atoms with van der Waals surface area (Å²) >= 11 is 0. The third-order valence-electron chi connectivity index (χ3n) is 5.93. The number of nitrogens with zero attached hydrogens (tertiary/aromatic N) is 2. The molecule has 2 aromatic rings. The number of aliphatic imine (C=N–C) groups is 1. The van der Waals surface area contributed by atoms with Crippen molar-refractivity contribution in [3.05, 3.63) is 70.3 Å². The second-order valence-electron chi connectivity index (χ2n) is 9.37. The smallest absolute Gasteiger partial charge is 0.253 e. The number of carbonyl (C=O) groups excluding carboxylic acids is 2. The topological polar surface area (TPSA) is 87.8 Å². The first-order valence-electron chi connectivity index (χ1n) is 13.1. The van der Waals surface area contributed by atoms with Gasteiger partial charge >= 0.3 is 0 Å². The Bertz CT molecular complexity index is 1060. The first-order chi connectivity index (χ1) is 17.7. The van der Waals surface area contributed by atoms with Crippen molar-refractivity contribution in [1.29, 1.82) is 0 Å². The Labute approximate surface area is 219 Å². The highest BCUT2D eigenvalue weighted by molar-refractivity contribution is 6.00. The fourth-order valence-corrected chi connectivity index (χ4v) is 4.27. The summed E-state index contributed by atoms with van der Waals surface area (Å²) in [6, 6.07) is 7.67. The highest BCUT2D eigenvalue weighted by Crippen LogP contribution is 2.23. The minimum Gasteiger partial charge on any atom is -0.387 e. The maximum absolute atomic E-state index is 14.0. The van der Waals surface area contributed by atoms with Gasteiger partial charge in [0.1, 0.15) is 11.6 Å². The summed E-state index contributed by atoms with van der Waals surface area (Å²) in [5.41, 5.74) is 7.75. The summed E-state index contributed by atoms with van der Waals surface area (Å²) in [4.78, 5) is 32.6. The van der Waals surface area contributed by atoms with E-state index in [-0.39, 0.29) is 5.91 Å². The highest BCUT2D eigenvalue weighted by Gasteiger charge is 2.20. The van der Waals surface area contributed by atoms with E-state index in [0.29, 0.717) is 61.4 Å². The van der Waals surface area contributed by atoms with E-state index in [9.17, 15) is 18.4 Å². The molecular weight excluding hydrogens is 474 g/mol. The number of nitrogens with two attached hydrogens (primary N) is 1. The molecule has 202 valence electrons. The van der Waals surface area contributed by atoms with Crippen molar-refractivity contribution in [2.24, 2.45) is 10.7 Å². The molecule has 0 spiro atoms. The number of benzene rings is 2. The van der Waals surface area contributed by atoms with Gasteiger partial charge in [0.25, 0.3) is 11.8 Å². The molecule has 2 rings (SSSR count).